The zero-order valence-electron chi connectivity index (χ0n) is 21.8. The molecule has 6 atom stereocenters. The first-order valence-electron chi connectivity index (χ1n) is 12.9. The predicted molar refractivity (Wildman–Crippen MR) is 138 cm³/mol. The topological polar surface area (TPSA) is 121 Å². The van der Waals surface area contributed by atoms with Gasteiger partial charge in [0.1, 0.15) is 5.82 Å². The molecule has 2 aromatic carbocycles. The van der Waals surface area contributed by atoms with Gasteiger partial charge in [-0.2, -0.15) is 4.90 Å². The molecule has 0 aromatic heterocycles. The Morgan fingerprint density at radius 1 is 1.05 bits per heavy atom. The molecule has 2 aliphatic carbocycles. The number of aromatic hydroxyl groups is 1. The Morgan fingerprint density at radius 2 is 1.78 bits per heavy atom. The SMILES string of the molecule is COC(=O)N1C(=O)[C@H]2[C@H](CC=C3[C@H]2C[C@H]2C(=O)N(c4ccc(F)c(Cl)c4)C(=O)[C@@]2(C)[C@H]3c2cccc(F)c2O)C1=O. The second kappa shape index (κ2) is 9.20. The van der Waals surface area contributed by atoms with E-state index in [9.17, 15) is 37.9 Å². The van der Waals surface area contributed by atoms with Crippen LogP contribution in [0, 0.1) is 40.7 Å². The summed E-state index contributed by atoms with van der Waals surface area (Å²) in [6.07, 6.45) is 0.563. The molecule has 1 N–H and O–H groups in total. The number of allylic oxidation sites excluding steroid dienone is 2. The molecule has 2 aromatic rings. The van der Waals surface area contributed by atoms with Gasteiger partial charge >= 0.3 is 6.09 Å². The summed E-state index contributed by atoms with van der Waals surface area (Å²) in [7, 11) is 1.04. The molecule has 41 heavy (non-hydrogen) atoms. The maximum atomic E-state index is 14.7. The molecule has 212 valence electrons. The standard InChI is InChI=1S/C29H23ClF2N2O7/c1-29-17(25(37)33(27(29)39)12-6-9-19(31)18(30)10-12)11-16-13(22(29)15-4-3-5-20(32)23(15)35)7-8-14-21(16)26(38)34(24(14)36)28(40)41-2/h3-7,9-10,14,16-17,21-22,35H,8,11H2,1-2H3/t14-,16+,17-,21-,22+,29+/m0/s1. The number of hydrogen-bond donors (Lipinski definition) is 1. The van der Waals surface area contributed by atoms with E-state index in [1.165, 1.54) is 18.2 Å². The fourth-order valence-corrected chi connectivity index (χ4v) is 7.44. The number of fused-ring (bicyclic) bond motifs is 4. The fraction of sp³-hybridized carbons (Fsp3) is 0.345. The summed E-state index contributed by atoms with van der Waals surface area (Å²) in [6.45, 7) is 1.55. The van der Waals surface area contributed by atoms with Crippen molar-refractivity contribution in [3.05, 3.63) is 70.3 Å². The number of phenols is 1. The van der Waals surface area contributed by atoms with Crippen molar-refractivity contribution in [2.75, 3.05) is 12.0 Å². The van der Waals surface area contributed by atoms with Crippen molar-refractivity contribution in [1.82, 2.24) is 4.90 Å². The first kappa shape index (κ1) is 27.1. The Kier molecular flexibility index (Phi) is 6.07. The molecule has 2 saturated heterocycles. The molecule has 3 fully saturated rings. The van der Waals surface area contributed by atoms with Crippen molar-refractivity contribution < 1.29 is 42.6 Å². The van der Waals surface area contributed by atoms with E-state index in [2.05, 4.69) is 4.74 Å². The number of likely N-dealkylation sites (tertiary alicyclic amines) is 1. The smallest absolute Gasteiger partial charge is 0.423 e. The number of ether oxygens (including phenoxy) is 1. The van der Waals surface area contributed by atoms with Crippen LogP contribution >= 0.6 is 11.6 Å². The molecule has 1 saturated carbocycles. The highest BCUT2D eigenvalue weighted by molar-refractivity contribution is 6.31. The van der Waals surface area contributed by atoms with E-state index >= 15 is 0 Å². The summed E-state index contributed by atoms with van der Waals surface area (Å²) in [4.78, 5) is 68.5. The number of methoxy groups -OCH3 is 1. The number of hydrogen-bond acceptors (Lipinski definition) is 7. The lowest BCUT2D eigenvalue weighted by molar-refractivity contribution is -0.138. The predicted octanol–water partition coefficient (Wildman–Crippen LogP) is 4.32. The van der Waals surface area contributed by atoms with Gasteiger partial charge in [0.2, 0.25) is 23.6 Å². The number of para-hydroxylation sites is 1. The van der Waals surface area contributed by atoms with E-state index in [1.807, 2.05) is 0 Å². The van der Waals surface area contributed by atoms with Gasteiger partial charge in [-0.05, 0) is 49.9 Å². The highest BCUT2D eigenvalue weighted by atomic mass is 35.5. The van der Waals surface area contributed by atoms with E-state index in [4.69, 9.17) is 11.6 Å². The van der Waals surface area contributed by atoms with Gasteiger partial charge in [-0.1, -0.05) is 35.4 Å². The van der Waals surface area contributed by atoms with Crippen LogP contribution in [-0.4, -0.2) is 46.8 Å². The number of phenolic OH excluding ortho intramolecular Hbond substituents is 1. The Labute approximate surface area is 237 Å². The maximum absolute atomic E-state index is 14.7. The van der Waals surface area contributed by atoms with Crippen molar-refractivity contribution in [1.29, 1.82) is 0 Å². The largest absolute Gasteiger partial charge is 0.505 e. The number of imide groups is 4. The summed E-state index contributed by atoms with van der Waals surface area (Å²) in [5.41, 5.74) is -1.01. The molecular formula is C29H23ClF2N2O7. The lowest BCUT2D eigenvalue weighted by Crippen LogP contribution is -2.49. The second-order valence-electron chi connectivity index (χ2n) is 10.9. The van der Waals surface area contributed by atoms with E-state index in [0.717, 1.165) is 30.2 Å². The Bertz CT molecular complexity index is 1610. The number of halogens is 3. The maximum Gasteiger partial charge on any atom is 0.423 e. The van der Waals surface area contributed by atoms with Crippen LogP contribution in [0.25, 0.3) is 0 Å². The van der Waals surface area contributed by atoms with E-state index in [0.29, 0.717) is 10.5 Å². The number of rotatable bonds is 2. The Morgan fingerprint density at radius 3 is 2.46 bits per heavy atom. The van der Waals surface area contributed by atoms with Crippen LogP contribution in [0.5, 0.6) is 5.75 Å². The highest BCUT2D eigenvalue weighted by Crippen LogP contribution is 2.64. The molecule has 0 spiro atoms. The molecule has 6 rings (SSSR count). The fourth-order valence-electron chi connectivity index (χ4n) is 7.27. The number of anilines is 1. The summed E-state index contributed by atoms with van der Waals surface area (Å²) in [6, 6.07) is 7.26. The van der Waals surface area contributed by atoms with Gasteiger partial charge in [0, 0.05) is 11.5 Å². The van der Waals surface area contributed by atoms with Crippen LogP contribution in [0.15, 0.2) is 48.0 Å². The molecule has 0 unspecified atom stereocenters. The monoisotopic (exact) mass is 584 g/mol. The van der Waals surface area contributed by atoms with Gasteiger partial charge in [0.25, 0.3) is 0 Å². The molecule has 0 radical (unpaired) electrons. The van der Waals surface area contributed by atoms with Gasteiger partial charge in [0.05, 0.1) is 41.0 Å². The first-order chi connectivity index (χ1) is 19.4. The third-order valence-electron chi connectivity index (χ3n) is 9.12. The third-order valence-corrected chi connectivity index (χ3v) is 9.41. The molecular weight excluding hydrogens is 562 g/mol. The van der Waals surface area contributed by atoms with E-state index < -0.39 is 82.1 Å². The molecule has 9 nitrogen and oxygen atoms in total. The number of carbonyl (C=O) groups is 5. The van der Waals surface area contributed by atoms with Crippen LogP contribution < -0.4 is 4.90 Å². The van der Waals surface area contributed by atoms with Crippen LogP contribution in [0.2, 0.25) is 5.02 Å². The van der Waals surface area contributed by atoms with Crippen molar-refractivity contribution in [3.63, 3.8) is 0 Å². The zero-order chi connectivity index (χ0) is 29.5. The molecule has 2 aliphatic heterocycles. The minimum Gasteiger partial charge on any atom is -0.505 e. The van der Waals surface area contributed by atoms with Crippen molar-refractivity contribution in [3.8, 4) is 5.75 Å². The minimum absolute atomic E-state index is 0.0306. The van der Waals surface area contributed by atoms with E-state index in [-0.39, 0.29) is 29.1 Å². The average molecular weight is 585 g/mol. The van der Waals surface area contributed by atoms with Gasteiger partial charge in [0.15, 0.2) is 11.6 Å². The highest BCUT2D eigenvalue weighted by Gasteiger charge is 2.68. The van der Waals surface area contributed by atoms with Crippen molar-refractivity contribution in [2.24, 2.45) is 29.1 Å². The normalized spacial score (nSPS) is 30.7. The summed E-state index contributed by atoms with van der Waals surface area (Å²) in [5.74, 6) is -10.1. The first-order valence-corrected chi connectivity index (χ1v) is 13.3. The molecule has 0 bridgehead atoms. The zero-order valence-corrected chi connectivity index (χ0v) is 22.5. The van der Waals surface area contributed by atoms with Gasteiger partial charge < -0.3 is 9.84 Å². The van der Waals surface area contributed by atoms with Gasteiger partial charge in [-0.3, -0.25) is 19.2 Å². The molecule has 12 heteroatoms. The van der Waals surface area contributed by atoms with Crippen LogP contribution in [0.4, 0.5) is 19.3 Å². The van der Waals surface area contributed by atoms with Gasteiger partial charge in [-0.25, -0.2) is 18.5 Å². The number of benzene rings is 2. The second-order valence-corrected chi connectivity index (χ2v) is 11.3. The van der Waals surface area contributed by atoms with Crippen LogP contribution in [-0.2, 0) is 23.9 Å². The average Bonchev–Trinajstić information content (AvgIpc) is 3.31. The van der Waals surface area contributed by atoms with E-state index in [1.54, 1.807) is 13.0 Å². The summed E-state index contributed by atoms with van der Waals surface area (Å²) >= 11 is 5.96. The molecule has 5 amide bonds. The molecule has 4 aliphatic rings. The summed E-state index contributed by atoms with van der Waals surface area (Å²) in [5, 5.41) is 10.5. The number of nitrogens with zero attached hydrogens (tertiary/aromatic N) is 2. The lowest BCUT2D eigenvalue weighted by atomic mass is 9.51. The third kappa shape index (κ3) is 3.54. The summed E-state index contributed by atoms with van der Waals surface area (Å²) < 4.78 is 33.3. The van der Waals surface area contributed by atoms with Gasteiger partial charge in [-0.15, -0.1) is 0 Å². The minimum atomic E-state index is -1.56. The lowest BCUT2D eigenvalue weighted by Gasteiger charge is -2.49. The van der Waals surface area contributed by atoms with Crippen LogP contribution in [0.1, 0.15) is 31.2 Å². The Balaban J connectivity index is 1.54. The van der Waals surface area contributed by atoms with Crippen molar-refractivity contribution >= 4 is 47.0 Å². The van der Waals surface area contributed by atoms with Crippen LogP contribution in [0.3, 0.4) is 0 Å². The molecule has 2 heterocycles. The quantitative estimate of drug-likeness (QED) is 0.412. The number of amides is 5. The van der Waals surface area contributed by atoms with Crippen molar-refractivity contribution in [2.45, 2.75) is 25.7 Å². The number of carbonyl (C=O) groups excluding carboxylic acids is 5. The Hall–Kier alpha value is -4.12.